The summed E-state index contributed by atoms with van der Waals surface area (Å²) in [6.07, 6.45) is -0.0642. The highest BCUT2D eigenvalue weighted by Crippen LogP contribution is 2.23. The second-order valence-corrected chi connectivity index (χ2v) is 6.94. The van der Waals surface area contributed by atoms with Crippen LogP contribution < -0.4 is 5.32 Å². The third-order valence-corrected chi connectivity index (χ3v) is 5.00. The van der Waals surface area contributed by atoms with Gasteiger partial charge < -0.3 is 15.0 Å². The summed E-state index contributed by atoms with van der Waals surface area (Å²) in [6, 6.07) is 28.0. The fourth-order valence-corrected chi connectivity index (χ4v) is 3.42. The van der Waals surface area contributed by atoms with Gasteiger partial charge in [-0.1, -0.05) is 60.7 Å². The minimum Gasteiger partial charge on any atom is -0.381 e. The lowest BCUT2D eigenvalue weighted by Gasteiger charge is -2.33. The third-order valence-electron chi connectivity index (χ3n) is 5.00. The van der Waals surface area contributed by atoms with E-state index in [0.717, 1.165) is 17.8 Å². The maximum Gasteiger partial charge on any atom is 0.254 e. The molecule has 142 valence electrons. The van der Waals surface area contributed by atoms with Crippen molar-refractivity contribution in [2.75, 3.05) is 25.0 Å². The average molecular weight is 372 g/mol. The Morgan fingerprint density at radius 3 is 2.32 bits per heavy atom. The first-order chi connectivity index (χ1) is 13.8. The van der Waals surface area contributed by atoms with Crippen LogP contribution in [0, 0.1) is 0 Å². The summed E-state index contributed by atoms with van der Waals surface area (Å²) in [4.78, 5) is 14.8. The number of benzene rings is 3. The highest BCUT2D eigenvalue weighted by molar-refractivity contribution is 5.94. The van der Waals surface area contributed by atoms with E-state index in [0.29, 0.717) is 25.3 Å². The van der Waals surface area contributed by atoms with E-state index in [1.54, 1.807) is 0 Å². The number of hydrogen-bond donors (Lipinski definition) is 1. The Balaban J connectivity index is 1.37. The molecule has 1 aliphatic heterocycles. The molecule has 0 aliphatic carbocycles. The van der Waals surface area contributed by atoms with Crippen LogP contribution >= 0.6 is 0 Å². The van der Waals surface area contributed by atoms with Crippen molar-refractivity contribution in [3.8, 4) is 0 Å². The number of carbonyl (C=O) groups excluding carboxylic acids is 1. The number of anilines is 1. The average Bonchev–Trinajstić information content (AvgIpc) is 2.79. The number of morpholine rings is 1. The van der Waals surface area contributed by atoms with E-state index in [-0.39, 0.29) is 12.0 Å². The van der Waals surface area contributed by atoms with Gasteiger partial charge in [0, 0.05) is 24.3 Å². The molecule has 0 radical (unpaired) electrons. The van der Waals surface area contributed by atoms with Crippen LogP contribution in [0.2, 0.25) is 0 Å². The van der Waals surface area contributed by atoms with E-state index in [4.69, 9.17) is 4.74 Å². The number of amides is 1. The Morgan fingerprint density at radius 1 is 0.929 bits per heavy atom. The smallest absolute Gasteiger partial charge is 0.254 e. The van der Waals surface area contributed by atoms with E-state index < -0.39 is 0 Å². The van der Waals surface area contributed by atoms with Crippen LogP contribution in [0.1, 0.15) is 27.6 Å². The number of hydrogen-bond acceptors (Lipinski definition) is 3. The summed E-state index contributed by atoms with van der Waals surface area (Å²) in [5.74, 6) is 0.0545. The first kappa shape index (κ1) is 18.3. The van der Waals surface area contributed by atoms with Gasteiger partial charge in [-0.15, -0.1) is 0 Å². The molecular formula is C24H24N2O2. The van der Waals surface area contributed by atoms with Crippen LogP contribution in [-0.2, 0) is 11.3 Å². The Labute approximate surface area is 165 Å². The van der Waals surface area contributed by atoms with Crippen LogP contribution in [0.5, 0.6) is 0 Å². The molecule has 0 aromatic heterocycles. The second-order valence-electron chi connectivity index (χ2n) is 6.94. The Kier molecular flexibility index (Phi) is 5.69. The minimum atomic E-state index is -0.0642. The highest BCUT2D eigenvalue weighted by atomic mass is 16.5. The van der Waals surface area contributed by atoms with Crippen LogP contribution in [0.15, 0.2) is 84.9 Å². The van der Waals surface area contributed by atoms with Crippen molar-refractivity contribution in [3.05, 3.63) is 102 Å². The summed E-state index contributed by atoms with van der Waals surface area (Å²) >= 11 is 0. The molecule has 1 saturated heterocycles. The molecule has 0 bridgehead atoms. The molecule has 0 saturated carbocycles. The van der Waals surface area contributed by atoms with Crippen molar-refractivity contribution in [1.82, 2.24) is 4.90 Å². The predicted octanol–water partition coefficient (Wildman–Crippen LogP) is 4.51. The van der Waals surface area contributed by atoms with Crippen molar-refractivity contribution in [2.45, 2.75) is 12.6 Å². The van der Waals surface area contributed by atoms with Gasteiger partial charge in [0.05, 0.1) is 13.2 Å². The molecule has 1 amide bonds. The molecule has 28 heavy (non-hydrogen) atoms. The normalized spacial score (nSPS) is 16.6. The molecule has 1 atom stereocenters. The molecule has 3 aromatic carbocycles. The molecule has 1 N–H and O–H groups in total. The summed E-state index contributed by atoms with van der Waals surface area (Å²) in [6.45, 7) is 2.52. The van der Waals surface area contributed by atoms with Crippen molar-refractivity contribution < 1.29 is 9.53 Å². The molecule has 4 nitrogen and oxygen atoms in total. The van der Waals surface area contributed by atoms with E-state index in [9.17, 15) is 4.79 Å². The van der Waals surface area contributed by atoms with Crippen molar-refractivity contribution >= 4 is 11.6 Å². The monoisotopic (exact) mass is 372 g/mol. The van der Waals surface area contributed by atoms with Crippen molar-refractivity contribution in [1.29, 1.82) is 0 Å². The lowest BCUT2D eigenvalue weighted by atomic mass is 10.1. The van der Waals surface area contributed by atoms with Gasteiger partial charge in [0.15, 0.2) is 0 Å². The molecule has 1 aliphatic rings. The topological polar surface area (TPSA) is 41.6 Å². The Morgan fingerprint density at radius 2 is 1.61 bits per heavy atom. The van der Waals surface area contributed by atoms with Crippen molar-refractivity contribution in [3.63, 3.8) is 0 Å². The number of nitrogens with zero attached hydrogens (tertiary/aromatic N) is 1. The molecule has 0 spiro atoms. The quantitative estimate of drug-likeness (QED) is 0.716. The number of rotatable bonds is 5. The standard InChI is InChI=1S/C24H24N2O2/c27-24(26-15-16-28-23(18-26)20-9-5-2-6-10-20)21-11-13-22(14-12-21)25-17-19-7-3-1-4-8-19/h1-14,23,25H,15-18H2. The maximum absolute atomic E-state index is 12.9. The van der Waals surface area contributed by atoms with E-state index >= 15 is 0 Å². The van der Waals surface area contributed by atoms with Crippen LogP contribution in [0.3, 0.4) is 0 Å². The maximum atomic E-state index is 12.9. The van der Waals surface area contributed by atoms with Gasteiger partial charge in [0.25, 0.3) is 5.91 Å². The Bertz CT molecular complexity index is 895. The van der Waals surface area contributed by atoms with E-state index in [1.807, 2.05) is 77.7 Å². The molecule has 1 heterocycles. The van der Waals surface area contributed by atoms with Gasteiger partial charge in [-0.25, -0.2) is 0 Å². The zero-order valence-electron chi connectivity index (χ0n) is 15.8. The lowest BCUT2D eigenvalue weighted by Crippen LogP contribution is -2.42. The molecule has 4 rings (SSSR count). The van der Waals surface area contributed by atoms with Crippen molar-refractivity contribution in [2.24, 2.45) is 0 Å². The van der Waals surface area contributed by atoms with Gasteiger partial charge in [-0.3, -0.25) is 4.79 Å². The summed E-state index contributed by atoms with van der Waals surface area (Å²) in [5, 5.41) is 3.39. The number of ether oxygens (including phenoxy) is 1. The fourth-order valence-electron chi connectivity index (χ4n) is 3.42. The van der Waals surface area contributed by atoms with Gasteiger partial charge in [0.1, 0.15) is 6.10 Å². The van der Waals surface area contributed by atoms with Gasteiger partial charge in [-0.05, 0) is 35.4 Å². The largest absolute Gasteiger partial charge is 0.381 e. The second kappa shape index (κ2) is 8.72. The molecular weight excluding hydrogens is 348 g/mol. The van der Waals surface area contributed by atoms with Crippen LogP contribution in [-0.4, -0.2) is 30.5 Å². The summed E-state index contributed by atoms with van der Waals surface area (Å²) in [7, 11) is 0. The molecule has 4 heteroatoms. The summed E-state index contributed by atoms with van der Waals surface area (Å²) in [5.41, 5.74) is 4.05. The van der Waals surface area contributed by atoms with Gasteiger partial charge >= 0.3 is 0 Å². The minimum absolute atomic E-state index is 0.0545. The zero-order chi connectivity index (χ0) is 19.2. The first-order valence-electron chi connectivity index (χ1n) is 9.63. The number of nitrogens with one attached hydrogen (secondary N) is 1. The molecule has 1 unspecified atom stereocenters. The highest BCUT2D eigenvalue weighted by Gasteiger charge is 2.25. The third kappa shape index (κ3) is 4.41. The predicted molar refractivity (Wildman–Crippen MR) is 111 cm³/mol. The van der Waals surface area contributed by atoms with Gasteiger partial charge in [-0.2, -0.15) is 0 Å². The SMILES string of the molecule is O=C(c1ccc(NCc2ccccc2)cc1)N1CCOC(c2ccccc2)C1. The lowest BCUT2D eigenvalue weighted by molar-refractivity contribution is -0.0228. The van der Waals surface area contributed by atoms with E-state index in [2.05, 4.69) is 17.4 Å². The van der Waals surface area contributed by atoms with Gasteiger partial charge in [0.2, 0.25) is 0 Å². The molecule has 1 fully saturated rings. The Hall–Kier alpha value is -3.11. The zero-order valence-corrected chi connectivity index (χ0v) is 15.8. The first-order valence-corrected chi connectivity index (χ1v) is 9.63. The number of carbonyl (C=O) groups is 1. The van der Waals surface area contributed by atoms with Crippen LogP contribution in [0.4, 0.5) is 5.69 Å². The fraction of sp³-hybridized carbons (Fsp3) is 0.208. The molecule has 3 aromatic rings. The van der Waals surface area contributed by atoms with E-state index in [1.165, 1.54) is 5.56 Å². The van der Waals surface area contributed by atoms with Crippen LogP contribution in [0.25, 0.3) is 0 Å². The summed E-state index contributed by atoms with van der Waals surface area (Å²) < 4.78 is 5.87.